The third kappa shape index (κ3) is 5.06. The molecule has 0 aliphatic heterocycles. The Bertz CT molecular complexity index is 442. The summed E-state index contributed by atoms with van der Waals surface area (Å²) in [4.78, 5) is 19.3. The summed E-state index contributed by atoms with van der Waals surface area (Å²) < 4.78 is 0. The third-order valence-electron chi connectivity index (χ3n) is 2.30. The fourth-order valence-electron chi connectivity index (χ4n) is 1.39. The summed E-state index contributed by atoms with van der Waals surface area (Å²) in [5, 5.41) is 2.58. The molecule has 0 aliphatic carbocycles. The lowest BCUT2D eigenvalue weighted by molar-refractivity contribution is 0.0946. The molecule has 0 fully saturated rings. The van der Waals surface area contributed by atoms with Gasteiger partial charge in [0.15, 0.2) is 22.5 Å². The summed E-state index contributed by atoms with van der Waals surface area (Å²) in [5.74, 6) is -0.527. The Kier molecular flexibility index (Phi) is 7.43. The molecule has 0 bridgehead atoms. The Morgan fingerprint density at radius 1 is 1.37 bits per heavy atom. The minimum Gasteiger partial charge on any atom is -0.382 e. The van der Waals surface area contributed by atoms with Crippen molar-refractivity contribution in [2.75, 3.05) is 18.0 Å². The first-order valence-electron chi connectivity index (χ1n) is 5.58. The summed E-state index contributed by atoms with van der Waals surface area (Å²) in [7, 11) is 0. The minimum absolute atomic E-state index is 0. The minimum atomic E-state index is -0.464. The van der Waals surface area contributed by atoms with Gasteiger partial charge in [-0.05, 0) is 6.42 Å². The molecule has 7 nitrogen and oxygen atoms in total. The normalized spacial score (nSPS) is 11.5. The number of halogens is 2. The van der Waals surface area contributed by atoms with Gasteiger partial charge in [-0.1, -0.05) is 24.9 Å². The van der Waals surface area contributed by atoms with Crippen molar-refractivity contribution in [2.45, 2.75) is 25.8 Å². The summed E-state index contributed by atoms with van der Waals surface area (Å²) in [6, 6.07) is -0.0996. The van der Waals surface area contributed by atoms with Crippen LogP contribution in [0.1, 0.15) is 30.3 Å². The van der Waals surface area contributed by atoms with Crippen molar-refractivity contribution in [3.05, 3.63) is 10.8 Å². The molecule has 1 aromatic rings. The molecule has 0 unspecified atom stereocenters. The average molecular weight is 309 g/mol. The van der Waals surface area contributed by atoms with Crippen LogP contribution in [-0.4, -0.2) is 28.5 Å². The van der Waals surface area contributed by atoms with Crippen LogP contribution in [0.4, 0.5) is 11.6 Å². The van der Waals surface area contributed by atoms with Crippen molar-refractivity contribution in [2.24, 2.45) is 5.73 Å². The fourth-order valence-corrected chi connectivity index (χ4v) is 1.52. The van der Waals surface area contributed by atoms with Gasteiger partial charge in [0.2, 0.25) is 0 Å². The predicted octanol–water partition coefficient (Wildman–Crippen LogP) is 0.573. The molecule has 0 spiro atoms. The van der Waals surface area contributed by atoms with Gasteiger partial charge >= 0.3 is 0 Å². The van der Waals surface area contributed by atoms with Crippen LogP contribution in [0.5, 0.6) is 0 Å². The molecule has 1 amide bonds. The van der Waals surface area contributed by atoms with E-state index in [4.69, 9.17) is 28.8 Å². The summed E-state index contributed by atoms with van der Waals surface area (Å²) in [6.07, 6.45) is 1.77. The monoisotopic (exact) mass is 308 g/mol. The van der Waals surface area contributed by atoms with Gasteiger partial charge in [0.1, 0.15) is 0 Å². The second-order valence-corrected chi connectivity index (χ2v) is 4.25. The molecule has 1 aromatic heterocycles. The van der Waals surface area contributed by atoms with Gasteiger partial charge in [0, 0.05) is 12.6 Å². The van der Waals surface area contributed by atoms with Crippen LogP contribution in [0.2, 0.25) is 5.15 Å². The van der Waals surface area contributed by atoms with E-state index in [0.29, 0.717) is 6.54 Å². The highest BCUT2D eigenvalue weighted by Crippen LogP contribution is 2.17. The number of nitrogens with one attached hydrogen (secondary N) is 1. The molecule has 19 heavy (non-hydrogen) atoms. The van der Waals surface area contributed by atoms with E-state index in [1.165, 1.54) is 0 Å². The van der Waals surface area contributed by atoms with E-state index in [0.717, 1.165) is 12.8 Å². The summed E-state index contributed by atoms with van der Waals surface area (Å²) in [5.41, 5.74) is 16.7. The number of nitrogens with zero attached hydrogens (tertiary/aromatic N) is 2. The van der Waals surface area contributed by atoms with Crippen molar-refractivity contribution >= 4 is 41.6 Å². The summed E-state index contributed by atoms with van der Waals surface area (Å²) in [6.45, 7) is 2.36. The highest BCUT2D eigenvalue weighted by molar-refractivity contribution is 6.31. The maximum absolute atomic E-state index is 11.8. The molecule has 7 N–H and O–H groups in total. The van der Waals surface area contributed by atoms with E-state index in [2.05, 4.69) is 15.3 Å². The Morgan fingerprint density at radius 3 is 2.58 bits per heavy atom. The van der Waals surface area contributed by atoms with Gasteiger partial charge in [-0.3, -0.25) is 4.79 Å². The van der Waals surface area contributed by atoms with E-state index in [9.17, 15) is 4.79 Å². The number of hydrogen-bond acceptors (Lipinski definition) is 6. The number of carbonyl (C=O) groups is 1. The van der Waals surface area contributed by atoms with E-state index in [-0.39, 0.29) is 40.9 Å². The van der Waals surface area contributed by atoms with E-state index < -0.39 is 5.91 Å². The quantitative estimate of drug-likeness (QED) is 0.628. The molecule has 0 aliphatic rings. The van der Waals surface area contributed by atoms with Crippen LogP contribution in [-0.2, 0) is 0 Å². The zero-order valence-corrected chi connectivity index (χ0v) is 12.1. The molecule has 1 rings (SSSR count). The molecule has 1 heterocycles. The highest BCUT2D eigenvalue weighted by atomic mass is 35.5. The van der Waals surface area contributed by atoms with Crippen LogP contribution >= 0.6 is 24.0 Å². The van der Waals surface area contributed by atoms with Crippen LogP contribution in [0.15, 0.2) is 0 Å². The van der Waals surface area contributed by atoms with Gasteiger partial charge < -0.3 is 22.5 Å². The molecule has 1 atom stereocenters. The second-order valence-electron chi connectivity index (χ2n) is 3.89. The van der Waals surface area contributed by atoms with Crippen molar-refractivity contribution in [1.29, 1.82) is 0 Å². The molecule has 0 radical (unpaired) electrons. The van der Waals surface area contributed by atoms with Crippen LogP contribution < -0.4 is 22.5 Å². The summed E-state index contributed by atoms with van der Waals surface area (Å²) >= 11 is 5.68. The average Bonchev–Trinajstić information content (AvgIpc) is 2.31. The smallest absolute Gasteiger partial charge is 0.273 e. The standard InChI is InChI=1S/C10H17ClN6O.ClH/c1-2-3-5(12)4-15-10(18)6-8(13)17-9(14)7(11)16-6;/h5H,2-4,12H2,1H3,(H,15,18)(H4,13,14,17);1H/t5-;/m1./s1. The number of carbonyl (C=O) groups excluding carboxylic acids is 1. The lowest BCUT2D eigenvalue weighted by Gasteiger charge is -2.12. The highest BCUT2D eigenvalue weighted by Gasteiger charge is 2.16. The maximum Gasteiger partial charge on any atom is 0.273 e. The molecular formula is C10H18Cl2N6O. The predicted molar refractivity (Wildman–Crippen MR) is 78.3 cm³/mol. The van der Waals surface area contributed by atoms with Crippen molar-refractivity contribution < 1.29 is 4.79 Å². The Hall–Kier alpha value is -1.31. The second kappa shape index (κ2) is 7.98. The van der Waals surface area contributed by atoms with Crippen LogP contribution in [0.3, 0.4) is 0 Å². The molecule has 0 saturated heterocycles. The van der Waals surface area contributed by atoms with E-state index in [1.807, 2.05) is 6.92 Å². The maximum atomic E-state index is 11.8. The molecule has 108 valence electrons. The lowest BCUT2D eigenvalue weighted by Crippen LogP contribution is -2.37. The topological polar surface area (TPSA) is 133 Å². The Balaban J connectivity index is 0.00000324. The SMILES string of the molecule is CCC[C@@H](N)CNC(=O)c1nc(Cl)c(N)nc1N.Cl. The third-order valence-corrected chi connectivity index (χ3v) is 2.58. The Labute approximate surface area is 122 Å². The molecule has 0 aromatic carbocycles. The van der Waals surface area contributed by atoms with Gasteiger partial charge in [0.25, 0.3) is 5.91 Å². The number of hydrogen-bond donors (Lipinski definition) is 4. The number of aromatic nitrogens is 2. The van der Waals surface area contributed by atoms with Gasteiger partial charge in [-0.15, -0.1) is 12.4 Å². The number of amides is 1. The Morgan fingerprint density at radius 2 is 2.00 bits per heavy atom. The first-order valence-corrected chi connectivity index (χ1v) is 5.95. The van der Waals surface area contributed by atoms with Crippen LogP contribution in [0, 0.1) is 0 Å². The molecule has 9 heteroatoms. The zero-order chi connectivity index (χ0) is 13.7. The van der Waals surface area contributed by atoms with Crippen LogP contribution in [0.25, 0.3) is 0 Å². The van der Waals surface area contributed by atoms with Crippen molar-refractivity contribution in [3.63, 3.8) is 0 Å². The first kappa shape index (κ1) is 17.7. The van der Waals surface area contributed by atoms with Crippen molar-refractivity contribution in [3.8, 4) is 0 Å². The largest absolute Gasteiger partial charge is 0.382 e. The number of nitrogen functional groups attached to an aromatic ring is 2. The number of rotatable bonds is 5. The van der Waals surface area contributed by atoms with Crippen molar-refractivity contribution in [1.82, 2.24) is 15.3 Å². The number of anilines is 2. The van der Waals surface area contributed by atoms with E-state index in [1.54, 1.807) is 0 Å². The number of nitrogens with two attached hydrogens (primary N) is 3. The van der Waals surface area contributed by atoms with Gasteiger partial charge in [-0.2, -0.15) is 0 Å². The molecular weight excluding hydrogens is 291 g/mol. The zero-order valence-electron chi connectivity index (χ0n) is 10.5. The van der Waals surface area contributed by atoms with E-state index >= 15 is 0 Å². The van der Waals surface area contributed by atoms with Gasteiger partial charge in [-0.25, -0.2) is 9.97 Å². The molecule has 0 saturated carbocycles. The lowest BCUT2D eigenvalue weighted by atomic mass is 10.2. The fraction of sp³-hybridized carbons (Fsp3) is 0.500. The first-order chi connectivity index (χ1) is 8.45. The van der Waals surface area contributed by atoms with Gasteiger partial charge in [0.05, 0.1) is 0 Å².